The molecule has 1 saturated heterocycles. The van der Waals surface area contributed by atoms with Gasteiger partial charge in [0.15, 0.2) is 5.65 Å². The Morgan fingerprint density at radius 1 is 1.28 bits per heavy atom. The summed E-state index contributed by atoms with van der Waals surface area (Å²) in [6.45, 7) is 2.32. The van der Waals surface area contributed by atoms with Crippen molar-refractivity contribution in [1.29, 1.82) is 0 Å². The van der Waals surface area contributed by atoms with Crippen molar-refractivity contribution < 1.29 is 14.3 Å². The van der Waals surface area contributed by atoms with Gasteiger partial charge in [0.25, 0.3) is 5.91 Å². The first-order valence-electron chi connectivity index (χ1n) is 9.72. The summed E-state index contributed by atoms with van der Waals surface area (Å²) in [5.41, 5.74) is 2.23. The van der Waals surface area contributed by atoms with Crippen LogP contribution in [0.5, 0.6) is 11.5 Å². The SMILES string of the molecule is COc1ccc(Cn2ncc3cc(C(=O)NC4CCCNC4)cnc32)c(OC)c1. The molecule has 2 aromatic heterocycles. The van der Waals surface area contributed by atoms with E-state index in [1.54, 1.807) is 31.3 Å². The normalized spacial score (nSPS) is 16.6. The van der Waals surface area contributed by atoms with Crippen LogP contribution in [0.1, 0.15) is 28.8 Å². The third-order valence-electron chi connectivity index (χ3n) is 5.18. The topological polar surface area (TPSA) is 90.3 Å². The van der Waals surface area contributed by atoms with E-state index in [4.69, 9.17) is 9.47 Å². The first kappa shape index (κ1) is 19.2. The maximum Gasteiger partial charge on any atom is 0.253 e. The Bertz CT molecular complexity index is 1010. The third-order valence-corrected chi connectivity index (χ3v) is 5.18. The van der Waals surface area contributed by atoms with Crippen molar-refractivity contribution in [1.82, 2.24) is 25.4 Å². The Kier molecular flexibility index (Phi) is 5.62. The summed E-state index contributed by atoms with van der Waals surface area (Å²) in [5, 5.41) is 11.7. The fourth-order valence-corrected chi connectivity index (χ4v) is 3.60. The number of nitrogens with zero attached hydrogens (tertiary/aromatic N) is 3. The molecule has 0 saturated carbocycles. The number of carbonyl (C=O) groups excluding carboxylic acids is 1. The van der Waals surface area contributed by atoms with Crippen LogP contribution in [0.25, 0.3) is 11.0 Å². The molecule has 0 aliphatic carbocycles. The molecule has 1 unspecified atom stereocenters. The molecule has 1 atom stereocenters. The minimum Gasteiger partial charge on any atom is -0.497 e. The average Bonchev–Trinajstić information content (AvgIpc) is 3.16. The van der Waals surface area contributed by atoms with E-state index in [0.29, 0.717) is 12.1 Å². The highest BCUT2D eigenvalue weighted by Crippen LogP contribution is 2.26. The Balaban J connectivity index is 1.53. The number of piperidine rings is 1. The van der Waals surface area contributed by atoms with Gasteiger partial charge in [0, 0.05) is 35.8 Å². The number of methoxy groups -OCH3 is 2. The van der Waals surface area contributed by atoms with Crippen LogP contribution in [0.15, 0.2) is 36.7 Å². The molecule has 1 aromatic carbocycles. The standard InChI is InChI=1S/C21H25N5O3/c1-28-18-6-5-14(19(9-18)29-2)13-26-20-15(11-24-26)8-16(10-23-20)21(27)25-17-4-3-7-22-12-17/h5-6,8-11,17,22H,3-4,7,12-13H2,1-2H3,(H,25,27). The molecule has 0 spiro atoms. The number of ether oxygens (including phenoxy) is 2. The zero-order valence-corrected chi connectivity index (χ0v) is 16.6. The molecular formula is C21H25N5O3. The van der Waals surface area contributed by atoms with Crippen LogP contribution in [0.4, 0.5) is 0 Å². The van der Waals surface area contributed by atoms with Crippen molar-refractivity contribution in [2.24, 2.45) is 0 Å². The predicted octanol–water partition coefficient (Wildman–Crippen LogP) is 1.98. The van der Waals surface area contributed by atoms with E-state index in [1.165, 1.54) is 0 Å². The summed E-state index contributed by atoms with van der Waals surface area (Å²) in [4.78, 5) is 17.1. The third kappa shape index (κ3) is 4.17. The van der Waals surface area contributed by atoms with Gasteiger partial charge in [-0.3, -0.25) is 4.79 Å². The summed E-state index contributed by atoms with van der Waals surface area (Å²) in [6.07, 6.45) is 5.41. The van der Waals surface area contributed by atoms with Crippen molar-refractivity contribution >= 4 is 16.9 Å². The highest BCUT2D eigenvalue weighted by Gasteiger charge is 2.17. The number of amides is 1. The van der Waals surface area contributed by atoms with E-state index in [-0.39, 0.29) is 11.9 Å². The van der Waals surface area contributed by atoms with Gasteiger partial charge in [-0.15, -0.1) is 0 Å². The second-order valence-corrected chi connectivity index (χ2v) is 7.13. The van der Waals surface area contributed by atoms with Gasteiger partial charge in [0.1, 0.15) is 11.5 Å². The number of rotatable bonds is 6. The summed E-state index contributed by atoms with van der Waals surface area (Å²) < 4.78 is 12.5. The quantitative estimate of drug-likeness (QED) is 0.663. The number of pyridine rings is 1. The number of aromatic nitrogens is 3. The van der Waals surface area contributed by atoms with Gasteiger partial charge in [-0.25, -0.2) is 9.67 Å². The summed E-state index contributed by atoms with van der Waals surface area (Å²) in [6, 6.07) is 7.68. The summed E-state index contributed by atoms with van der Waals surface area (Å²) >= 11 is 0. The number of benzene rings is 1. The fraction of sp³-hybridized carbons (Fsp3) is 0.381. The Morgan fingerprint density at radius 3 is 2.93 bits per heavy atom. The molecular weight excluding hydrogens is 370 g/mol. The lowest BCUT2D eigenvalue weighted by molar-refractivity contribution is 0.0930. The van der Waals surface area contributed by atoms with Crippen molar-refractivity contribution in [2.75, 3.05) is 27.3 Å². The van der Waals surface area contributed by atoms with Gasteiger partial charge >= 0.3 is 0 Å². The van der Waals surface area contributed by atoms with Crippen LogP contribution in [0.3, 0.4) is 0 Å². The molecule has 2 N–H and O–H groups in total. The van der Waals surface area contributed by atoms with Gasteiger partial charge in [-0.1, -0.05) is 0 Å². The molecule has 1 amide bonds. The second kappa shape index (κ2) is 8.48. The minimum absolute atomic E-state index is 0.0994. The van der Waals surface area contributed by atoms with Crippen molar-refractivity contribution in [3.05, 3.63) is 47.8 Å². The van der Waals surface area contributed by atoms with Crippen LogP contribution < -0.4 is 20.1 Å². The van der Waals surface area contributed by atoms with E-state index >= 15 is 0 Å². The maximum atomic E-state index is 12.6. The lowest BCUT2D eigenvalue weighted by atomic mass is 10.1. The smallest absolute Gasteiger partial charge is 0.253 e. The van der Waals surface area contributed by atoms with Crippen LogP contribution in [-0.4, -0.2) is 54.0 Å². The lowest BCUT2D eigenvalue weighted by Crippen LogP contribution is -2.45. The van der Waals surface area contributed by atoms with E-state index in [9.17, 15) is 4.79 Å². The zero-order valence-electron chi connectivity index (χ0n) is 16.6. The first-order chi connectivity index (χ1) is 14.2. The monoisotopic (exact) mass is 395 g/mol. The van der Waals surface area contributed by atoms with Crippen molar-refractivity contribution in [3.8, 4) is 11.5 Å². The largest absolute Gasteiger partial charge is 0.497 e. The highest BCUT2D eigenvalue weighted by molar-refractivity contribution is 5.97. The van der Waals surface area contributed by atoms with E-state index in [2.05, 4.69) is 20.7 Å². The number of nitrogens with one attached hydrogen (secondary N) is 2. The Hall–Kier alpha value is -3.13. The van der Waals surface area contributed by atoms with Crippen LogP contribution in [0.2, 0.25) is 0 Å². The first-order valence-corrected chi connectivity index (χ1v) is 9.72. The predicted molar refractivity (Wildman–Crippen MR) is 110 cm³/mol. The molecule has 29 heavy (non-hydrogen) atoms. The number of hydrogen-bond acceptors (Lipinski definition) is 6. The molecule has 8 heteroatoms. The number of hydrogen-bond donors (Lipinski definition) is 2. The molecule has 1 aliphatic rings. The van der Waals surface area contributed by atoms with Gasteiger partial charge in [-0.2, -0.15) is 5.10 Å². The highest BCUT2D eigenvalue weighted by atomic mass is 16.5. The van der Waals surface area contributed by atoms with Crippen LogP contribution in [-0.2, 0) is 6.54 Å². The summed E-state index contributed by atoms with van der Waals surface area (Å²) in [5.74, 6) is 1.36. The Labute approximate surface area is 169 Å². The molecule has 1 aliphatic heterocycles. The van der Waals surface area contributed by atoms with E-state index in [1.807, 2.05) is 24.3 Å². The summed E-state index contributed by atoms with van der Waals surface area (Å²) in [7, 11) is 3.25. The lowest BCUT2D eigenvalue weighted by Gasteiger charge is -2.23. The van der Waals surface area contributed by atoms with E-state index < -0.39 is 0 Å². The molecule has 3 heterocycles. The second-order valence-electron chi connectivity index (χ2n) is 7.13. The van der Waals surface area contributed by atoms with Gasteiger partial charge < -0.3 is 20.1 Å². The molecule has 0 bridgehead atoms. The fourth-order valence-electron chi connectivity index (χ4n) is 3.60. The van der Waals surface area contributed by atoms with Crippen LogP contribution in [0, 0.1) is 0 Å². The molecule has 3 aromatic rings. The molecule has 4 rings (SSSR count). The van der Waals surface area contributed by atoms with Gasteiger partial charge in [-0.05, 0) is 37.6 Å². The maximum absolute atomic E-state index is 12.6. The van der Waals surface area contributed by atoms with E-state index in [0.717, 1.165) is 54.0 Å². The average molecular weight is 395 g/mol. The minimum atomic E-state index is -0.0994. The molecule has 1 fully saturated rings. The molecule has 0 radical (unpaired) electrons. The number of carbonyl (C=O) groups is 1. The molecule has 8 nitrogen and oxygen atoms in total. The van der Waals surface area contributed by atoms with Gasteiger partial charge in [0.05, 0.1) is 32.5 Å². The molecule has 152 valence electrons. The Morgan fingerprint density at radius 2 is 2.17 bits per heavy atom. The van der Waals surface area contributed by atoms with Crippen LogP contribution >= 0.6 is 0 Å². The number of fused-ring (bicyclic) bond motifs is 1. The van der Waals surface area contributed by atoms with Crippen molar-refractivity contribution in [2.45, 2.75) is 25.4 Å². The van der Waals surface area contributed by atoms with Gasteiger partial charge in [0.2, 0.25) is 0 Å². The zero-order chi connectivity index (χ0) is 20.2. The van der Waals surface area contributed by atoms with Crippen molar-refractivity contribution in [3.63, 3.8) is 0 Å².